The Morgan fingerprint density at radius 3 is 2.60 bits per heavy atom. The summed E-state index contributed by atoms with van der Waals surface area (Å²) in [6.45, 7) is 5.87. The van der Waals surface area contributed by atoms with Crippen molar-refractivity contribution in [2.75, 3.05) is 13.1 Å². The Morgan fingerprint density at radius 1 is 1.35 bits per heavy atom. The summed E-state index contributed by atoms with van der Waals surface area (Å²) in [5.41, 5.74) is 0.957. The highest BCUT2D eigenvalue weighted by molar-refractivity contribution is 5.79. The number of halogens is 1. The van der Waals surface area contributed by atoms with E-state index in [4.69, 9.17) is 0 Å². The monoisotopic (exact) mass is 278 g/mol. The van der Waals surface area contributed by atoms with Crippen molar-refractivity contribution in [2.24, 2.45) is 11.8 Å². The first-order valence-electron chi connectivity index (χ1n) is 7.34. The van der Waals surface area contributed by atoms with Gasteiger partial charge in [-0.1, -0.05) is 26.0 Å². The Morgan fingerprint density at radius 2 is 2.05 bits per heavy atom. The quantitative estimate of drug-likeness (QED) is 0.889. The van der Waals surface area contributed by atoms with Crippen molar-refractivity contribution in [3.8, 4) is 0 Å². The number of hydrogen-bond donors (Lipinski definition) is 2. The fourth-order valence-electron chi connectivity index (χ4n) is 2.65. The Labute approximate surface area is 120 Å². The molecule has 0 radical (unpaired) electrons. The third kappa shape index (κ3) is 3.79. The van der Waals surface area contributed by atoms with Crippen LogP contribution in [-0.2, 0) is 4.79 Å². The van der Waals surface area contributed by atoms with Gasteiger partial charge in [-0.3, -0.25) is 4.79 Å². The lowest BCUT2D eigenvalue weighted by Crippen LogP contribution is -2.42. The van der Waals surface area contributed by atoms with Gasteiger partial charge in [0.15, 0.2) is 0 Å². The third-order valence-corrected chi connectivity index (χ3v) is 3.86. The van der Waals surface area contributed by atoms with E-state index < -0.39 is 0 Å². The lowest BCUT2D eigenvalue weighted by molar-refractivity contribution is -0.126. The molecular weight excluding hydrogens is 255 g/mol. The zero-order chi connectivity index (χ0) is 14.5. The summed E-state index contributed by atoms with van der Waals surface area (Å²) in [5.74, 6) is 0.158. The molecule has 3 nitrogen and oxygen atoms in total. The third-order valence-electron chi connectivity index (χ3n) is 3.86. The highest BCUT2D eigenvalue weighted by Gasteiger charge is 2.25. The number of carbonyl (C=O) groups is 1. The molecule has 1 saturated heterocycles. The van der Waals surface area contributed by atoms with E-state index in [9.17, 15) is 9.18 Å². The fraction of sp³-hybridized carbons (Fsp3) is 0.562. The van der Waals surface area contributed by atoms with Gasteiger partial charge in [0, 0.05) is 6.54 Å². The van der Waals surface area contributed by atoms with E-state index in [1.54, 1.807) is 12.1 Å². The SMILES string of the molecule is CC(C)C(NC(=O)[C@H]1CCCNC1)c1ccc(F)cc1. The smallest absolute Gasteiger partial charge is 0.224 e. The summed E-state index contributed by atoms with van der Waals surface area (Å²) in [6.07, 6.45) is 1.98. The summed E-state index contributed by atoms with van der Waals surface area (Å²) in [4.78, 5) is 12.3. The van der Waals surface area contributed by atoms with E-state index in [1.807, 2.05) is 0 Å². The molecule has 0 spiro atoms. The number of nitrogens with one attached hydrogen (secondary N) is 2. The molecule has 0 saturated carbocycles. The molecule has 4 heteroatoms. The molecule has 1 aliphatic heterocycles. The van der Waals surface area contributed by atoms with Gasteiger partial charge in [-0.2, -0.15) is 0 Å². The molecule has 110 valence electrons. The van der Waals surface area contributed by atoms with Crippen LogP contribution in [0.5, 0.6) is 0 Å². The number of carbonyl (C=O) groups excluding carboxylic acids is 1. The first-order chi connectivity index (χ1) is 9.58. The second-order valence-electron chi connectivity index (χ2n) is 5.83. The van der Waals surface area contributed by atoms with Gasteiger partial charge in [0.05, 0.1) is 12.0 Å². The van der Waals surface area contributed by atoms with Gasteiger partial charge in [-0.15, -0.1) is 0 Å². The molecule has 1 unspecified atom stereocenters. The summed E-state index contributed by atoms with van der Waals surface area (Å²) in [5, 5.41) is 6.38. The summed E-state index contributed by atoms with van der Waals surface area (Å²) in [7, 11) is 0. The van der Waals surface area contributed by atoms with Crippen LogP contribution in [0.4, 0.5) is 4.39 Å². The van der Waals surface area contributed by atoms with Crippen molar-refractivity contribution < 1.29 is 9.18 Å². The zero-order valence-electron chi connectivity index (χ0n) is 12.2. The summed E-state index contributed by atoms with van der Waals surface area (Å²) >= 11 is 0. The van der Waals surface area contributed by atoms with Crippen molar-refractivity contribution in [2.45, 2.75) is 32.7 Å². The van der Waals surface area contributed by atoms with Gasteiger partial charge in [0.1, 0.15) is 5.82 Å². The minimum atomic E-state index is -0.251. The summed E-state index contributed by atoms with van der Waals surface area (Å²) in [6, 6.07) is 6.32. The van der Waals surface area contributed by atoms with Crippen molar-refractivity contribution in [3.63, 3.8) is 0 Å². The Bertz CT molecular complexity index is 438. The van der Waals surface area contributed by atoms with Crippen LogP contribution in [0.2, 0.25) is 0 Å². The van der Waals surface area contributed by atoms with E-state index in [-0.39, 0.29) is 29.6 Å². The molecule has 0 bridgehead atoms. The maximum atomic E-state index is 13.0. The number of piperidine rings is 1. The Hall–Kier alpha value is -1.42. The molecule has 0 aromatic heterocycles. The van der Waals surface area contributed by atoms with E-state index >= 15 is 0 Å². The Kier molecular flexibility index (Phi) is 5.12. The van der Waals surface area contributed by atoms with Crippen LogP contribution in [0.25, 0.3) is 0 Å². The first-order valence-corrected chi connectivity index (χ1v) is 7.34. The van der Waals surface area contributed by atoms with Crippen LogP contribution >= 0.6 is 0 Å². The highest BCUT2D eigenvalue weighted by Crippen LogP contribution is 2.23. The average Bonchev–Trinajstić information content (AvgIpc) is 2.46. The number of benzene rings is 1. The largest absolute Gasteiger partial charge is 0.349 e. The van der Waals surface area contributed by atoms with Crippen molar-refractivity contribution in [1.82, 2.24) is 10.6 Å². The molecule has 1 fully saturated rings. The first kappa shape index (κ1) is 15.0. The maximum absolute atomic E-state index is 13.0. The minimum absolute atomic E-state index is 0.0467. The van der Waals surface area contributed by atoms with E-state index in [0.717, 1.165) is 31.5 Å². The predicted octanol–water partition coefficient (Wildman–Crippen LogP) is 2.64. The molecule has 1 aromatic rings. The average molecular weight is 278 g/mol. The van der Waals surface area contributed by atoms with Gasteiger partial charge in [0.25, 0.3) is 0 Å². The van der Waals surface area contributed by atoms with Gasteiger partial charge in [-0.05, 0) is 43.0 Å². The minimum Gasteiger partial charge on any atom is -0.349 e. The van der Waals surface area contributed by atoms with Crippen LogP contribution < -0.4 is 10.6 Å². The second-order valence-corrected chi connectivity index (χ2v) is 5.83. The molecule has 2 atom stereocenters. The molecule has 2 rings (SSSR count). The molecule has 0 aliphatic carbocycles. The Balaban J connectivity index is 2.05. The zero-order valence-corrected chi connectivity index (χ0v) is 12.2. The lowest BCUT2D eigenvalue weighted by atomic mass is 9.93. The molecule has 1 aliphatic rings. The molecular formula is C16H23FN2O. The standard InChI is InChI=1S/C16H23FN2O/c1-11(2)15(12-5-7-14(17)8-6-12)19-16(20)13-4-3-9-18-10-13/h5-8,11,13,15,18H,3-4,9-10H2,1-2H3,(H,19,20)/t13-,15?/m0/s1. The van der Waals surface area contributed by atoms with Crippen molar-refractivity contribution >= 4 is 5.91 Å². The van der Waals surface area contributed by atoms with Crippen LogP contribution in [0.1, 0.15) is 38.3 Å². The topological polar surface area (TPSA) is 41.1 Å². The van der Waals surface area contributed by atoms with Gasteiger partial charge < -0.3 is 10.6 Å². The van der Waals surface area contributed by atoms with Crippen LogP contribution in [0.3, 0.4) is 0 Å². The molecule has 2 N–H and O–H groups in total. The maximum Gasteiger partial charge on any atom is 0.224 e. The van der Waals surface area contributed by atoms with E-state index in [1.165, 1.54) is 12.1 Å². The van der Waals surface area contributed by atoms with Gasteiger partial charge in [-0.25, -0.2) is 4.39 Å². The van der Waals surface area contributed by atoms with Crippen LogP contribution in [-0.4, -0.2) is 19.0 Å². The second kappa shape index (κ2) is 6.84. The predicted molar refractivity (Wildman–Crippen MR) is 77.7 cm³/mol. The molecule has 1 heterocycles. The van der Waals surface area contributed by atoms with Crippen molar-refractivity contribution in [3.05, 3.63) is 35.6 Å². The van der Waals surface area contributed by atoms with Gasteiger partial charge >= 0.3 is 0 Å². The van der Waals surface area contributed by atoms with Crippen LogP contribution in [0, 0.1) is 17.7 Å². The van der Waals surface area contributed by atoms with Gasteiger partial charge in [0.2, 0.25) is 5.91 Å². The lowest BCUT2D eigenvalue weighted by Gasteiger charge is -2.27. The fourth-order valence-corrected chi connectivity index (χ4v) is 2.65. The molecule has 1 aromatic carbocycles. The van der Waals surface area contributed by atoms with E-state index in [0.29, 0.717) is 0 Å². The highest BCUT2D eigenvalue weighted by atomic mass is 19.1. The summed E-state index contributed by atoms with van der Waals surface area (Å²) < 4.78 is 13.0. The van der Waals surface area contributed by atoms with E-state index in [2.05, 4.69) is 24.5 Å². The van der Waals surface area contributed by atoms with Crippen molar-refractivity contribution in [1.29, 1.82) is 0 Å². The number of hydrogen-bond acceptors (Lipinski definition) is 2. The van der Waals surface area contributed by atoms with Crippen LogP contribution in [0.15, 0.2) is 24.3 Å². The molecule has 1 amide bonds. The normalized spacial score (nSPS) is 20.7. The number of amides is 1. The number of rotatable bonds is 4. The molecule has 20 heavy (non-hydrogen) atoms.